The molecule has 0 fully saturated rings. The largest absolute Gasteiger partial charge is 0.330 e. The van der Waals surface area contributed by atoms with Crippen LogP contribution in [0.2, 0.25) is 0 Å². The highest BCUT2D eigenvalue weighted by atomic mass is 19.1. The van der Waals surface area contributed by atoms with Gasteiger partial charge in [-0.15, -0.1) is 0 Å². The number of nitrogens with zero attached hydrogens (tertiary/aromatic N) is 1. The molecule has 0 aliphatic rings. The second kappa shape index (κ2) is 6.67. The summed E-state index contributed by atoms with van der Waals surface area (Å²) < 4.78 is 26.5. The molecule has 4 heteroatoms. The summed E-state index contributed by atoms with van der Waals surface area (Å²) in [5.41, 5.74) is 5.86. The second-order valence-corrected chi connectivity index (χ2v) is 4.44. The fourth-order valence-corrected chi connectivity index (χ4v) is 1.70. The Kier molecular flexibility index (Phi) is 5.51. The Balaban J connectivity index is 2.74. The van der Waals surface area contributed by atoms with Gasteiger partial charge in [-0.2, -0.15) is 0 Å². The van der Waals surface area contributed by atoms with Gasteiger partial charge in [-0.05, 0) is 51.6 Å². The van der Waals surface area contributed by atoms with E-state index in [1.54, 1.807) is 0 Å². The molecule has 0 amide bonds. The second-order valence-electron chi connectivity index (χ2n) is 4.44. The maximum absolute atomic E-state index is 13.5. The van der Waals surface area contributed by atoms with Gasteiger partial charge in [-0.25, -0.2) is 8.78 Å². The Morgan fingerprint density at radius 1 is 1.29 bits per heavy atom. The molecule has 0 aliphatic heterocycles. The molecular weight excluding hydrogens is 222 g/mol. The van der Waals surface area contributed by atoms with Crippen LogP contribution in [0.3, 0.4) is 0 Å². The van der Waals surface area contributed by atoms with E-state index in [1.165, 1.54) is 12.1 Å². The average Bonchev–Trinajstić information content (AvgIpc) is 2.28. The van der Waals surface area contributed by atoms with Gasteiger partial charge in [0.25, 0.3) is 0 Å². The first-order valence-corrected chi connectivity index (χ1v) is 5.92. The number of rotatable bonds is 6. The lowest BCUT2D eigenvalue weighted by atomic mass is 10.1. The molecule has 0 saturated heterocycles. The van der Waals surface area contributed by atoms with E-state index in [9.17, 15) is 8.78 Å². The molecule has 96 valence electrons. The Hall–Kier alpha value is -1.00. The van der Waals surface area contributed by atoms with Crippen molar-refractivity contribution >= 4 is 0 Å². The zero-order valence-corrected chi connectivity index (χ0v) is 10.4. The summed E-state index contributed by atoms with van der Waals surface area (Å²) in [4.78, 5) is 2.09. The van der Waals surface area contributed by atoms with Crippen LogP contribution in [0.4, 0.5) is 8.78 Å². The standard InChI is InChI=1S/C13H20F2N2/c1-10(2)17(7-3-6-16)9-11-8-12(14)4-5-13(11)15/h4-5,8,10H,3,6-7,9,16H2,1-2H3. The molecule has 0 saturated carbocycles. The quantitative estimate of drug-likeness (QED) is 0.830. The van der Waals surface area contributed by atoms with Crippen molar-refractivity contribution in [1.82, 2.24) is 4.90 Å². The molecule has 1 aromatic carbocycles. The average molecular weight is 242 g/mol. The summed E-state index contributed by atoms with van der Waals surface area (Å²) in [5, 5.41) is 0. The Morgan fingerprint density at radius 2 is 2.00 bits per heavy atom. The number of hydrogen-bond acceptors (Lipinski definition) is 2. The number of halogens is 2. The fourth-order valence-electron chi connectivity index (χ4n) is 1.70. The van der Waals surface area contributed by atoms with E-state index in [1.807, 2.05) is 13.8 Å². The zero-order valence-electron chi connectivity index (χ0n) is 10.4. The van der Waals surface area contributed by atoms with Crippen molar-refractivity contribution in [2.75, 3.05) is 13.1 Å². The maximum atomic E-state index is 13.5. The van der Waals surface area contributed by atoms with Gasteiger partial charge in [0.1, 0.15) is 11.6 Å². The topological polar surface area (TPSA) is 29.3 Å². The first-order valence-electron chi connectivity index (χ1n) is 5.92. The van der Waals surface area contributed by atoms with Gasteiger partial charge in [-0.1, -0.05) is 0 Å². The summed E-state index contributed by atoms with van der Waals surface area (Å²) in [7, 11) is 0. The monoisotopic (exact) mass is 242 g/mol. The van der Waals surface area contributed by atoms with Crippen LogP contribution in [0.15, 0.2) is 18.2 Å². The zero-order chi connectivity index (χ0) is 12.8. The molecule has 2 N–H and O–H groups in total. The SMILES string of the molecule is CC(C)N(CCCN)Cc1cc(F)ccc1F. The molecule has 0 spiro atoms. The van der Waals surface area contributed by atoms with Crippen molar-refractivity contribution in [3.8, 4) is 0 Å². The highest BCUT2D eigenvalue weighted by Gasteiger charge is 2.12. The third-order valence-corrected chi connectivity index (χ3v) is 2.76. The summed E-state index contributed by atoms with van der Waals surface area (Å²) in [6.07, 6.45) is 0.856. The minimum absolute atomic E-state index is 0.282. The Labute approximate surface area is 101 Å². The molecule has 1 rings (SSSR count). The van der Waals surface area contributed by atoms with E-state index in [-0.39, 0.29) is 11.9 Å². The number of hydrogen-bond donors (Lipinski definition) is 1. The van der Waals surface area contributed by atoms with Crippen LogP contribution in [0.25, 0.3) is 0 Å². The third kappa shape index (κ3) is 4.40. The van der Waals surface area contributed by atoms with E-state index in [2.05, 4.69) is 4.90 Å². The van der Waals surface area contributed by atoms with Gasteiger partial charge >= 0.3 is 0 Å². The Morgan fingerprint density at radius 3 is 2.59 bits per heavy atom. The van der Waals surface area contributed by atoms with Crippen LogP contribution in [0.1, 0.15) is 25.8 Å². The molecular formula is C13H20F2N2. The molecule has 2 nitrogen and oxygen atoms in total. The molecule has 1 aromatic rings. The van der Waals surface area contributed by atoms with E-state index >= 15 is 0 Å². The molecule has 0 atom stereocenters. The van der Waals surface area contributed by atoms with Crippen LogP contribution in [0, 0.1) is 11.6 Å². The van der Waals surface area contributed by atoms with Crippen molar-refractivity contribution in [2.45, 2.75) is 32.9 Å². The van der Waals surface area contributed by atoms with Crippen molar-refractivity contribution in [3.63, 3.8) is 0 Å². The van der Waals surface area contributed by atoms with E-state index in [4.69, 9.17) is 5.73 Å². The summed E-state index contributed by atoms with van der Waals surface area (Å²) in [6.45, 7) is 5.89. The number of nitrogens with two attached hydrogens (primary N) is 1. The smallest absolute Gasteiger partial charge is 0.127 e. The lowest BCUT2D eigenvalue weighted by Gasteiger charge is -2.26. The molecule has 0 bridgehead atoms. The van der Waals surface area contributed by atoms with Crippen molar-refractivity contribution in [1.29, 1.82) is 0 Å². The molecule has 0 radical (unpaired) electrons. The van der Waals surface area contributed by atoms with Gasteiger partial charge in [-0.3, -0.25) is 4.90 Å². The van der Waals surface area contributed by atoms with Crippen molar-refractivity contribution < 1.29 is 8.78 Å². The summed E-state index contributed by atoms with van der Waals surface area (Å²) in [5.74, 6) is -0.756. The normalized spacial score (nSPS) is 11.5. The van der Waals surface area contributed by atoms with Gasteiger partial charge in [0.05, 0.1) is 0 Å². The van der Waals surface area contributed by atoms with Crippen molar-refractivity contribution in [2.24, 2.45) is 5.73 Å². The number of benzene rings is 1. The first-order chi connectivity index (χ1) is 8.04. The minimum Gasteiger partial charge on any atom is -0.330 e. The van der Waals surface area contributed by atoms with Crippen LogP contribution >= 0.6 is 0 Å². The highest BCUT2D eigenvalue weighted by Crippen LogP contribution is 2.14. The molecule has 0 heterocycles. The molecule has 0 aliphatic carbocycles. The van der Waals surface area contributed by atoms with Gasteiger partial charge < -0.3 is 5.73 Å². The van der Waals surface area contributed by atoms with E-state index in [0.29, 0.717) is 18.7 Å². The Bertz CT molecular complexity index is 353. The van der Waals surface area contributed by atoms with Crippen LogP contribution in [0.5, 0.6) is 0 Å². The lowest BCUT2D eigenvalue weighted by molar-refractivity contribution is 0.208. The predicted molar refractivity (Wildman–Crippen MR) is 65.6 cm³/mol. The molecule has 0 aromatic heterocycles. The van der Waals surface area contributed by atoms with Crippen LogP contribution < -0.4 is 5.73 Å². The summed E-state index contributed by atoms with van der Waals surface area (Å²) >= 11 is 0. The predicted octanol–water partition coefficient (Wildman–Crippen LogP) is 2.52. The molecule has 17 heavy (non-hydrogen) atoms. The third-order valence-electron chi connectivity index (χ3n) is 2.76. The van der Waals surface area contributed by atoms with E-state index in [0.717, 1.165) is 19.0 Å². The first kappa shape index (κ1) is 14.1. The van der Waals surface area contributed by atoms with Gasteiger partial charge in [0.2, 0.25) is 0 Å². The summed E-state index contributed by atoms with van der Waals surface area (Å²) in [6, 6.07) is 3.85. The molecule has 0 unspecified atom stereocenters. The van der Waals surface area contributed by atoms with Gasteiger partial charge in [0, 0.05) is 18.2 Å². The lowest BCUT2D eigenvalue weighted by Crippen LogP contribution is -2.32. The maximum Gasteiger partial charge on any atom is 0.127 e. The van der Waals surface area contributed by atoms with Gasteiger partial charge in [0.15, 0.2) is 0 Å². The minimum atomic E-state index is -0.399. The fraction of sp³-hybridized carbons (Fsp3) is 0.538. The van der Waals surface area contributed by atoms with E-state index < -0.39 is 5.82 Å². The van der Waals surface area contributed by atoms with Crippen molar-refractivity contribution in [3.05, 3.63) is 35.4 Å². The highest BCUT2D eigenvalue weighted by molar-refractivity contribution is 5.18. The van der Waals surface area contributed by atoms with Crippen LogP contribution in [-0.2, 0) is 6.54 Å². The van der Waals surface area contributed by atoms with Crippen LogP contribution in [-0.4, -0.2) is 24.0 Å².